The van der Waals surface area contributed by atoms with Gasteiger partial charge in [0.2, 0.25) is 0 Å². The number of nitrogens with zero attached hydrogens (tertiary/aromatic N) is 2. The molecule has 0 rings (SSSR count). The number of likely N-dealkylation sites (N-methyl/N-ethyl adjacent to an activating group) is 2. The largest absolute Gasteiger partial charge is 0.481 e. The average Bonchev–Trinajstić information content (AvgIpc) is 2.02. The summed E-state index contributed by atoms with van der Waals surface area (Å²) >= 11 is 0. The standard InChI is InChI=1S/C8H18N2O2.C3H8/c1-9(2)6-7(10(3)4)5-8(11)12;1-3-2/h7H,5-6H2,1-4H3,(H,11,12);3H2,1-2H3. The number of hydrogen-bond acceptors (Lipinski definition) is 3. The molecule has 0 aromatic carbocycles. The third-order valence-electron chi connectivity index (χ3n) is 1.72. The zero-order valence-corrected chi connectivity index (χ0v) is 10.9. The molecule has 1 N–H and O–H groups in total. The minimum Gasteiger partial charge on any atom is -0.481 e. The number of carbonyl (C=O) groups is 1. The first-order valence-electron chi connectivity index (χ1n) is 5.38. The minimum absolute atomic E-state index is 0.0949. The van der Waals surface area contributed by atoms with Gasteiger partial charge in [0.15, 0.2) is 0 Å². The van der Waals surface area contributed by atoms with E-state index in [1.807, 2.05) is 38.0 Å². The van der Waals surface area contributed by atoms with Crippen LogP contribution in [0.2, 0.25) is 0 Å². The van der Waals surface area contributed by atoms with E-state index in [1.54, 1.807) is 0 Å². The number of carboxylic acids is 1. The fourth-order valence-corrected chi connectivity index (χ4v) is 1.03. The molecule has 0 radical (unpaired) electrons. The predicted octanol–water partition coefficient (Wildman–Crippen LogP) is 1.37. The van der Waals surface area contributed by atoms with Crippen molar-refractivity contribution in [1.29, 1.82) is 0 Å². The Bertz CT molecular complexity index is 159. The third-order valence-corrected chi connectivity index (χ3v) is 1.72. The maximum absolute atomic E-state index is 10.5. The van der Waals surface area contributed by atoms with E-state index < -0.39 is 5.97 Å². The van der Waals surface area contributed by atoms with Crippen molar-refractivity contribution in [3.8, 4) is 0 Å². The summed E-state index contributed by atoms with van der Waals surface area (Å²) < 4.78 is 0. The lowest BCUT2D eigenvalue weighted by atomic mass is 10.2. The maximum Gasteiger partial charge on any atom is 0.304 e. The third kappa shape index (κ3) is 13.4. The quantitative estimate of drug-likeness (QED) is 0.757. The molecule has 0 saturated heterocycles. The van der Waals surface area contributed by atoms with Gasteiger partial charge in [0.1, 0.15) is 0 Å². The highest BCUT2D eigenvalue weighted by Crippen LogP contribution is 2.00. The summed E-state index contributed by atoms with van der Waals surface area (Å²) in [6, 6.07) is 0.0949. The molecule has 15 heavy (non-hydrogen) atoms. The van der Waals surface area contributed by atoms with E-state index in [4.69, 9.17) is 5.11 Å². The average molecular weight is 218 g/mol. The summed E-state index contributed by atoms with van der Waals surface area (Å²) in [4.78, 5) is 14.4. The van der Waals surface area contributed by atoms with Gasteiger partial charge in [0.05, 0.1) is 6.42 Å². The molecule has 0 aliphatic carbocycles. The van der Waals surface area contributed by atoms with Crippen LogP contribution in [0.15, 0.2) is 0 Å². The molecule has 92 valence electrons. The number of aliphatic carboxylic acids is 1. The zero-order chi connectivity index (χ0) is 12.4. The fraction of sp³-hybridized carbons (Fsp3) is 0.909. The van der Waals surface area contributed by atoms with Gasteiger partial charge in [-0.15, -0.1) is 0 Å². The Labute approximate surface area is 93.9 Å². The lowest BCUT2D eigenvalue weighted by molar-refractivity contribution is -0.138. The van der Waals surface area contributed by atoms with Gasteiger partial charge in [0, 0.05) is 12.6 Å². The Hall–Kier alpha value is -0.610. The van der Waals surface area contributed by atoms with Crippen LogP contribution in [0.25, 0.3) is 0 Å². The Morgan fingerprint density at radius 3 is 1.80 bits per heavy atom. The second-order valence-corrected chi connectivity index (χ2v) is 4.18. The summed E-state index contributed by atoms with van der Waals surface area (Å²) in [6.45, 7) is 5.03. The van der Waals surface area contributed by atoms with Crippen molar-refractivity contribution in [3.05, 3.63) is 0 Å². The topological polar surface area (TPSA) is 43.8 Å². The Morgan fingerprint density at radius 2 is 1.60 bits per heavy atom. The van der Waals surface area contributed by atoms with E-state index in [0.717, 1.165) is 6.54 Å². The molecule has 0 aliphatic rings. The maximum atomic E-state index is 10.5. The van der Waals surface area contributed by atoms with Crippen LogP contribution in [0.3, 0.4) is 0 Å². The van der Waals surface area contributed by atoms with Crippen molar-refractivity contribution in [2.45, 2.75) is 32.7 Å². The van der Waals surface area contributed by atoms with Crippen molar-refractivity contribution in [1.82, 2.24) is 9.80 Å². The lowest BCUT2D eigenvalue weighted by Gasteiger charge is -2.25. The van der Waals surface area contributed by atoms with Gasteiger partial charge >= 0.3 is 5.97 Å². The van der Waals surface area contributed by atoms with Gasteiger partial charge in [-0.25, -0.2) is 0 Å². The summed E-state index contributed by atoms with van der Waals surface area (Å²) in [6.07, 6.45) is 1.45. The van der Waals surface area contributed by atoms with Crippen molar-refractivity contribution in [2.24, 2.45) is 0 Å². The molecule has 0 heterocycles. The highest BCUT2D eigenvalue weighted by molar-refractivity contribution is 5.67. The van der Waals surface area contributed by atoms with Crippen LogP contribution in [0.1, 0.15) is 26.7 Å². The number of carboxylic acid groups (broad SMARTS) is 1. The first-order valence-corrected chi connectivity index (χ1v) is 5.38. The van der Waals surface area contributed by atoms with Crippen LogP contribution in [0.4, 0.5) is 0 Å². The second kappa shape index (κ2) is 9.93. The molecule has 0 aromatic rings. The Kier molecular flexibility index (Phi) is 11.1. The highest BCUT2D eigenvalue weighted by Gasteiger charge is 2.15. The molecule has 0 spiro atoms. The van der Waals surface area contributed by atoms with Gasteiger partial charge < -0.3 is 14.9 Å². The van der Waals surface area contributed by atoms with E-state index in [2.05, 4.69) is 13.8 Å². The summed E-state index contributed by atoms with van der Waals surface area (Å²) in [5, 5.41) is 8.60. The van der Waals surface area contributed by atoms with E-state index in [1.165, 1.54) is 6.42 Å². The molecule has 4 heteroatoms. The fourth-order valence-electron chi connectivity index (χ4n) is 1.03. The molecule has 0 bridgehead atoms. The normalized spacial score (nSPS) is 12.3. The Morgan fingerprint density at radius 1 is 1.20 bits per heavy atom. The van der Waals surface area contributed by atoms with Crippen LogP contribution < -0.4 is 0 Å². The highest BCUT2D eigenvalue weighted by atomic mass is 16.4. The summed E-state index contributed by atoms with van der Waals surface area (Å²) in [5.41, 5.74) is 0. The van der Waals surface area contributed by atoms with Gasteiger partial charge in [-0.3, -0.25) is 4.79 Å². The molecule has 1 unspecified atom stereocenters. The predicted molar refractivity (Wildman–Crippen MR) is 64.2 cm³/mol. The van der Waals surface area contributed by atoms with Gasteiger partial charge in [0.25, 0.3) is 0 Å². The molecular weight excluding hydrogens is 192 g/mol. The molecule has 0 saturated carbocycles. The van der Waals surface area contributed by atoms with Gasteiger partial charge in [-0.2, -0.15) is 0 Å². The van der Waals surface area contributed by atoms with Crippen molar-refractivity contribution in [2.75, 3.05) is 34.7 Å². The van der Waals surface area contributed by atoms with E-state index in [0.29, 0.717) is 0 Å². The zero-order valence-electron chi connectivity index (χ0n) is 10.9. The van der Waals surface area contributed by atoms with Crippen molar-refractivity contribution in [3.63, 3.8) is 0 Å². The second-order valence-electron chi connectivity index (χ2n) is 4.18. The van der Waals surface area contributed by atoms with Crippen LogP contribution >= 0.6 is 0 Å². The Balaban J connectivity index is 0. The number of hydrogen-bond donors (Lipinski definition) is 1. The molecule has 0 amide bonds. The van der Waals surface area contributed by atoms with E-state index in [-0.39, 0.29) is 12.5 Å². The van der Waals surface area contributed by atoms with E-state index in [9.17, 15) is 4.79 Å². The van der Waals surface area contributed by atoms with Gasteiger partial charge in [-0.1, -0.05) is 20.3 Å². The first kappa shape index (κ1) is 16.8. The van der Waals surface area contributed by atoms with Crippen LogP contribution in [-0.2, 0) is 4.79 Å². The lowest BCUT2D eigenvalue weighted by Crippen LogP contribution is -2.38. The van der Waals surface area contributed by atoms with Gasteiger partial charge in [-0.05, 0) is 28.2 Å². The van der Waals surface area contributed by atoms with Crippen molar-refractivity contribution < 1.29 is 9.90 Å². The molecule has 1 atom stereocenters. The molecule has 0 aromatic heterocycles. The molecule has 0 fully saturated rings. The monoisotopic (exact) mass is 218 g/mol. The van der Waals surface area contributed by atoms with Crippen LogP contribution in [0, 0.1) is 0 Å². The molecule has 0 aliphatic heterocycles. The summed E-state index contributed by atoms with van der Waals surface area (Å²) in [5.74, 6) is -0.740. The molecule has 4 nitrogen and oxygen atoms in total. The van der Waals surface area contributed by atoms with Crippen molar-refractivity contribution >= 4 is 5.97 Å². The summed E-state index contributed by atoms with van der Waals surface area (Å²) in [7, 11) is 7.69. The number of rotatable bonds is 5. The van der Waals surface area contributed by atoms with Crippen LogP contribution in [-0.4, -0.2) is 61.7 Å². The molecular formula is C11H26N2O2. The first-order chi connectivity index (χ1) is 6.84. The SMILES string of the molecule is CCC.CN(C)CC(CC(=O)O)N(C)C. The van der Waals surface area contributed by atoms with Crippen LogP contribution in [0.5, 0.6) is 0 Å². The minimum atomic E-state index is -0.740. The van der Waals surface area contributed by atoms with E-state index >= 15 is 0 Å². The smallest absolute Gasteiger partial charge is 0.304 e.